The highest BCUT2D eigenvalue weighted by Crippen LogP contribution is 2.09. The molecule has 124 valence electrons. The smallest absolute Gasteiger partial charge is 0.214 e. The Hall–Kier alpha value is -2.75. The zero-order chi connectivity index (χ0) is 17.2. The Bertz CT molecular complexity index is 681. The molecule has 0 unspecified atom stereocenters. The van der Waals surface area contributed by atoms with Crippen LogP contribution in [-0.4, -0.2) is 23.9 Å². The summed E-state index contributed by atoms with van der Waals surface area (Å²) in [6.45, 7) is -0.208. The molecule has 0 saturated heterocycles. The maximum absolute atomic E-state index is 11.9. The first-order valence-corrected chi connectivity index (χ1v) is 7.99. The molecular weight excluding hydrogens is 302 g/mol. The molecule has 2 aromatic rings. The van der Waals surface area contributed by atoms with E-state index in [-0.39, 0.29) is 24.5 Å². The summed E-state index contributed by atoms with van der Waals surface area (Å²) in [5.74, 6) is 0.0482. The first kappa shape index (κ1) is 17.6. The maximum atomic E-state index is 11.9. The van der Waals surface area contributed by atoms with Crippen LogP contribution in [0.2, 0.25) is 0 Å². The van der Waals surface area contributed by atoms with Crippen LogP contribution in [0.3, 0.4) is 0 Å². The summed E-state index contributed by atoms with van der Waals surface area (Å²) in [4.78, 5) is 23.7. The van der Waals surface area contributed by atoms with Crippen molar-refractivity contribution in [1.82, 2.24) is 0 Å². The van der Waals surface area contributed by atoms with Gasteiger partial charge in [0.15, 0.2) is 6.61 Å². The average molecular weight is 323 g/mol. The van der Waals surface area contributed by atoms with E-state index in [0.29, 0.717) is 12.2 Å². The van der Waals surface area contributed by atoms with Crippen LogP contribution in [0.4, 0.5) is 0 Å². The van der Waals surface area contributed by atoms with Crippen molar-refractivity contribution in [1.29, 1.82) is 5.41 Å². The van der Waals surface area contributed by atoms with Crippen molar-refractivity contribution in [3.8, 4) is 5.75 Å². The summed E-state index contributed by atoms with van der Waals surface area (Å²) in [5.41, 5.74) is 1.00. The van der Waals surface area contributed by atoms with Gasteiger partial charge >= 0.3 is 0 Å². The lowest BCUT2D eigenvalue weighted by Gasteiger charge is -2.06. The number of carbonyl (C=O) groups excluding carboxylic acids is 2. The molecule has 24 heavy (non-hydrogen) atoms. The fraction of sp³-hybridized carbons (Fsp3) is 0.250. The molecule has 0 aliphatic heterocycles. The van der Waals surface area contributed by atoms with Gasteiger partial charge in [0.25, 0.3) is 0 Å². The zero-order valence-corrected chi connectivity index (χ0v) is 13.5. The van der Waals surface area contributed by atoms with E-state index in [9.17, 15) is 9.59 Å². The quantitative estimate of drug-likeness (QED) is 0.679. The van der Waals surface area contributed by atoms with Crippen LogP contribution >= 0.6 is 0 Å². The summed E-state index contributed by atoms with van der Waals surface area (Å²) in [7, 11) is 0. The molecule has 4 nitrogen and oxygen atoms in total. The molecule has 0 atom stereocenters. The van der Waals surface area contributed by atoms with E-state index < -0.39 is 5.78 Å². The van der Waals surface area contributed by atoms with Crippen molar-refractivity contribution in [2.24, 2.45) is 0 Å². The van der Waals surface area contributed by atoms with Gasteiger partial charge in [0.1, 0.15) is 11.5 Å². The number of aryl methyl sites for hydroxylation is 1. The Morgan fingerprint density at radius 3 is 2.21 bits per heavy atom. The van der Waals surface area contributed by atoms with Gasteiger partial charge in [-0.25, -0.2) is 0 Å². The van der Waals surface area contributed by atoms with E-state index in [1.807, 2.05) is 36.4 Å². The normalized spacial score (nSPS) is 10.2. The van der Waals surface area contributed by atoms with Crippen LogP contribution in [0.25, 0.3) is 0 Å². The topological polar surface area (TPSA) is 67.2 Å². The molecule has 4 heteroatoms. The van der Waals surface area contributed by atoms with Crippen molar-refractivity contribution in [3.63, 3.8) is 0 Å². The minimum absolute atomic E-state index is 0.0796. The Kier molecular flexibility index (Phi) is 6.90. The third kappa shape index (κ3) is 6.16. The molecule has 1 N–H and O–H groups in total. The van der Waals surface area contributed by atoms with Gasteiger partial charge in [0.05, 0.1) is 12.1 Å². The van der Waals surface area contributed by atoms with Gasteiger partial charge in [-0.15, -0.1) is 0 Å². The number of para-hydroxylation sites is 1. The third-order valence-electron chi connectivity index (χ3n) is 3.59. The van der Waals surface area contributed by atoms with E-state index >= 15 is 0 Å². The molecule has 0 aliphatic carbocycles. The van der Waals surface area contributed by atoms with Gasteiger partial charge in [-0.3, -0.25) is 9.59 Å². The summed E-state index contributed by atoms with van der Waals surface area (Å²) in [6, 6.07) is 18.9. The average Bonchev–Trinajstić information content (AvgIpc) is 2.61. The second-order valence-corrected chi connectivity index (χ2v) is 5.56. The Balaban J connectivity index is 1.67. The van der Waals surface area contributed by atoms with Gasteiger partial charge in [-0.05, 0) is 30.5 Å². The molecule has 0 aliphatic rings. The number of nitrogens with one attached hydrogen (secondary N) is 1. The van der Waals surface area contributed by atoms with Crippen molar-refractivity contribution in [2.45, 2.75) is 25.7 Å². The van der Waals surface area contributed by atoms with Crippen molar-refractivity contribution >= 4 is 17.3 Å². The van der Waals surface area contributed by atoms with Gasteiger partial charge in [-0.2, -0.15) is 0 Å². The number of benzene rings is 2. The number of ketones is 2. The van der Waals surface area contributed by atoms with Gasteiger partial charge in [0, 0.05) is 6.42 Å². The predicted molar refractivity (Wildman–Crippen MR) is 93.7 cm³/mol. The van der Waals surface area contributed by atoms with Gasteiger partial charge in [-0.1, -0.05) is 48.5 Å². The third-order valence-corrected chi connectivity index (χ3v) is 3.59. The maximum Gasteiger partial charge on any atom is 0.214 e. The highest BCUT2D eigenvalue weighted by molar-refractivity contribution is 6.42. The fourth-order valence-electron chi connectivity index (χ4n) is 2.27. The van der Waals surface area contributed by atoms with Crippen LogP contribution < -0.4 is 4.74 Å². The second-order valence-electron chi connectivity index (χ2n) is 5.56. The lowest BCUT2D eigenvalue weighted by molar-refractivity contribution is -0.119. The molecule has 0 saturated carbocycles. The van der Waals surface area contributed by atoms with Gasteiger partial charge in [0.2, 0.25) is 5.78 Å². The molecule has 0 radical (unpaired) electrons. The molecule has 0 heterocycles. The number of hydrogen-bond acceptors (Lipinski definition) is 4. The second kappa shape index (κ2) is 9.40. The molecule has 0 spiro atoms. The van der Waals surface area contributed by atoms with Crippen LogP contribution in [0.1, 0.15) is 24.8 Å². The number of ether oxygens (including phenoxy) is 1. The van der Waals surface area contributed by atoms with Crippen LogP contribution in [0, 0.1) is 5.41 Å². The van der Waals surface area contributed by atoms with Crippen LogP contribution in [-0.2, 0) is 16.0 Å². The van der Waals surface area contributed by atoms with Crippen LogP contribution in [0.15, 0.2) is 60.7 Å². The lowest BCUT2D eigenvalue weighted by atomic mass is 10.0. The number of carbonyl (C=O) groups is 2. The molecule has 0 bridgehead atoms. The van der Waals surface area contributed by atoms with Crippen LogP contribution in [0.5, 0.6) is 5.75 Å². The SMILES string of the molecule is N=C(CC(=O)CCCc1ccccc1)C(=O)COc1ccccc1. The van der Waals surface area contributed by atoms with E-state index in [1.165, 1.54) is 5.56 Å². The number of hydrogen-bond donors (Lipinski definition) is 1. The zero-order valence-electron chi connectivity index (χ0n) is 13.5. The molecule has 2 aromatic carbocycles. The monoisotopic (exact) mass is 323 g/mol. The fourth-order valence-corrected chi connectivity index (χ4v) is 2.27. The van der Waals surface area contributed by atoms with E-state index in [4.69, 9.17) is 10.1 Å². The molecule has 2 rings (SSSR count). The highest BCUT2D eigenvalue weighted by Gasteiger charge is 2.14. The minimum Gasteiger partial charge on any atom is -0.485 e. The molecule has 0 fully saturated rings. The van der Waals surface area contributed by atoms with Gasteiger partial charge < -0.3 is 10.1 Å². The first-order chi connectivity index (χ1) is 11.6. The lowest BCUT2D eigenvalue weighted by Crippen LogP contribution is -2.23. The highest BCUT2D eigenvalue weighted by atomic mass is 16.5. The Morgan fingerprint density at radius 1 is 0.917 bits per heavy atom. The number of Topliss-reactive ketones (excluding diaryl/α,β-unsaturated/α-hetero) is 2. The molecule has 0 amide bonds. The summed E-state index contributed by atoms with van der Waals surface area (Å²) in [5, 5.41) is 7.74. The minimum atomic E-state index is -0.449. The Morgan fingerprint density at radius 2 is 1.54 bits per heavy atom. The van der Waals surface area contributed by atoms with E-state index in [0.717, 1.165) is 12.8 Å². The van der Waals surface area contributed by atoms with E-state index in [2.05, 4.69) is 0 Å². The first-order valence-electron chi connectivity index (χ1n) is 7.99. The van der Waals surface area contributed by atoms with Crippen molar-refractivity contribution in [2.75, 3.05) is 6.61 Å². The largest absolute Gasteiger partial charge is 0.485 e. The predicted octanol–water partition coefficient (Wildman–Crippen LogP) is 3.64. The van der Waals surface area contributed by atoms with E-state index in [1.54, 1.807) is 24.3 Å². The molecular formula is C20H21NO3. The Labute approximate surface area is 142 Å². The summed E-state index contributed by atoms with van der Waals surface area (Å²) in [6.07, 6.45) is 1.81. The number of rotatable bonds is 10. The van der Waals surface area contributed by atoms with Crippen molar-refractivity contribution < 1.29 is 14.3 Å². The summed E-state index contributed by atoms with van der Waals surface area (Å²) >= 11 is 0. The standard InChI is InChI=1S/C20H21NO3/c21-19(20(23)15-24-18-12-5-2-6-13-18)14-17(22)11-7-10-16-8-3-1-4-9-16/h1-6,8-9,12-13,21H,7,10-11,14-15H2. The van der Waals surface area contributed by atoms with Crippen molar-refractivity contribution in [3.05, 3.63) is 66.2 Å². The molecule has 0 aromatic heterocycles. The summed E-state index contributed by atoms with van der Waals surface area (Å²) < 4.78 is 5.31.